The Kier molecular flexibility index (Phi) is 8.04. The first-order valence-corrected chi connectivity index (χ1v) is 22.4. The quantitative estimate of drug-likeness (QED) is 0.115. The van der Waals surface area contributed by atoms with Crippen molar-refractivity contribution in [3.05, 3.63) is 162 Å². The molecular formula is C54H42F4O4. The minimum Gasteiger partial charge on any atom is -0.288 e. The van der Waals surface area contributed by atoms with Gasteiger partial charge in [-0.25, -0.2) is 17.6 Å². The Labute approximate surface area is 356 Å². The average Bonchev–Trinajstić information content (AvgIpc) is 3.95. The number of hydrogen-bond acceptors (Lipinski definition) is 4. The van der Waals surface area contributed by atoms with E-state index in [1.54, 1.807) is 12.2 Å². The number of hydrogen-bond donors (Lipinski definition) is 0. The van der Waals surface area contributed by atoms with E-state index in [0.29, 0.717) is 0 Å². The van der Waals surface area contributed by atoms with Crippen molar-refractivity contribution in [3.8, 4) is 11.1 Å². The Morgan fingerprint density at radius 1 is 0.355 bits per heavy atom. The minimum atomic E-state index is -1.15. The summed E-state index contributed by atoms with van der Waals surface area (Å²) in [6, 6.07) is 12.9. The molecule has 8 aliphatic rings. The number of carbonyl (C=O) groups excluding carboxylic acids is 4. The predicted molar refractivity (Wildman–Crippen MR) is 227 cm³/mol. The van der Waals surface area contributed by atoms with Crippen LogP contribution in [0.3, 0.4) is 0 Å². The molecule has 62 heavy (non-hydrogen) atoms. The Balaban J connectivity index is 0.998. The van der Waals surface area contributed by atoms with Gasteiger partial charge in [-0.05, 0) is 155 Å². The van der Waals surface area contributed by atoms with E-state index in [1.807, 2.05) is 0 Å². The molecule has 3 spiro atoms. The molecule has 0 aliphatic heterocycles. The maximum Gasteiger partial charge on any atom is 0.197 e. The van der Waals surface area contributed by atoms with Crippen molar-refractivity contribution in [3.63, 3.8) is 0 Å². The van der Waals surface area contributed by atoms with Gasteiger partial charge < -0.3 is 0 Å². The SMILES string of the molecule is O=C1C(=CC2=Cc3cc4c(cc3C23CCCCC3)-c2cc3c(cc2C42CCCCC2)C=C(C=C2C(=O)c4cc(F)c(F)cc4C2=O)C32CCCCC2)C(=O)c2cc(F)c(F)cc21. The lowest BCUT2D eigenvalue weighted by Gasteiger charge is -2.38. The van der Waals surface area contributed by atoms with Gasteiger partial charge in [0.2, 0.25) is 0 Å². The molecule has 0 atom stereocenters. The van der Waals surface area contributed by atoms with Gasteiger partial charge in [-0.3, -0.25) is 19.2 Å². The predicted octanol–water partition coefficient (Wildman–Crippen LogP) is 12.7. The van der Waals surface area contributed by atoms with Crippen molar-refractivity contribution < 1.29 is 36.7 Å². The fourth-order valence-corrected chi connectivity index (χ4v) is 13.3. The summed E-state index contributed by atoms with van der Waals surface area (Å²) < 4.78 is 57.2. The van der Waals surface area contributed by atoms with Crippen LogP contribution >= 0.6 is 0 Å². The zero-order valence-electron chi connectivity index (χ0n) is 34.2. The van der Waals surface area contributed by atoms with E-state index < -0.39 is 57.2 Å². The molecule has 3 fully saturated rings. The Morgan fingerprint density at radius 3 is 0.984 bits per heavy atom. The summed E-state index contributed by atoms with van der Waals surface area (Å²) in [4.78, 5) is 54.7. The third kappa shape index (κ3) is 4.95. The van der Waals surface area contributed by atoms with E-state index in [4.69, 9.17) is 0 Å². The highest BCUT2D eigenvalue weighted by Crippen LogP contribution is 2.62. The van der Waals surface area contributed by atoms with Gasteiger partial charge in [0.15, 0.2) is 46.4 Å². The lowest BCUT2D eigenvalue weighted by molar-refractivity contribution is 0.0972. The van der Waals surface area contributed by atoms with Crippen LogP contribution < -0.4 is 0 Å². The third-order valence-corrected chi connectivity index (χ3v) is 16.3. The first-order valence-electron chi connectivity index (χ1n) is 22.4. The summed E-state index contributed by atoms with van der Waals surface area (Å²) in [5, 5.41) is 0. The highest BCUT2D eigenvalue weighted by molar-refractivity contribution is 6.40. The van der Waals surface area contributed by atoms with Gasteiger partial charge >= 0.3 is 0 Å². The first-order chi connectivity index (χ1) is 29.9. The molecule has 0 amide bonds. The van der Waals surface area contributed by atoms with Crippen LogP contribution in [0.1, 0.15) is 171 Å². The van der Waals surface area contributed by atoms with Gasteiger partial charge in [0.1, 0.15) is 0 Å². The van der Waals surface area contributed by atoms with Crippen LogP contribution in [0.4, 0.5) is 17.6 Å². The number of halogens is 4. The van der Waals surface area contributed by atoms with Crippen molar-refractivity contribution in [1.82, 2.24) is 0 Å². The van der Waals surface area contributed by atoms with Crippen LogP contribution in [0, 0.1) is 23.3 Å². The molecule has 4 nitrogen and oxygen atoms in total. The maximum atomic E-state index is 14.3. The van der Waals surface area contributed by atoms with Crippen molar-refractivity contribution >= 4 is 35.3 Å². The second-order valence-corrected chi connectivity index (χ2v) is 19.2. The number of benzene rings is 4. The smallest absolute Gasteiger partial charge is 0.197 e. The van der Waals surface area contributed by atoms with Crippen molar-refractivity contribution in [2.45, 2.75) is 113 Å². The molecule has 0 saturated heterocycles. The molecule has 0 N–H and O–H groups in total. The van der Waals surface area contributed by atoms with Gasteiger partial charge in [0, 0.05) is 38.5 Å². The van der Waals surface area contributed by atoms with E-state index in [2.05, 4.69) is 36.4 Å². The number of rotatable bonds is 2. The van der Waals surface area contributed by atoms with Crippen molar-refractivity contribution in [2.75, 3.05) is 0 Å². The molecule has 0 aromatic heterocycles. The molecule has 0 bridgehead atoms. The van der Waals surface area contributed by atoms with Crippen LogP contribution in [0.25, 0.3) is 23.3 Å². The Morgan fingerprint density at radius 2 is 0.661 bits per heavy atom. The lowest BCUT2D eigenvalue weighted by atomic mass is 9.65. The van der Waals surface area contributed by atoms with Crippen LogP contribution in [-0.4, -0.2) is 23.1 Å². The van der Waals surface area contributed by atoms with E-state index in [1.165, 1.54) is 33.4 Å². The number of carbonyl (C=O) groups is 4. The molecule has 4 aromatic rings. The molecule has 310 valence electrons. The zero-order chi connectivity index (χ0) is 42.4. The fourth-order valence-electron chi connectivity index (χ4n) is 13.3. The number of fused-ring (bicyclic) bond motifs is 11. The number of ketones is 4. The van der Waals surface area contributed by atoms with Crippen LogP contribution in [0.2, 0.25) is 0 Å². The topological polar surface area (TPSA) is 68.3 Å². The molecule has 0 heterocycles. The molecule has 3 saturated carbocycles. The van der Waals surface area contributed by atoms with E-state index in [9.17, 15) is 36.7 Å². The maximum absolute atomic E-state index is 14.3. The Bertz CT molecular complexity index is 2680. The summed E-state index contributed by atoms with van der Waals surface area (Å²) in [7, 11) is 0. The second-order valence-electron chi connectivity index (χ2n) is 19.2. The molecule has 8 heteroatoms. The van der Waals surface area contributed by atoms with Crippen molar-refractivity contribution in [1.29, 1.82) is 0 Å². The Hall–Kier alpha value is -5.76. The average molecular weight is 831 g/mol. The van der Waals surface area contributed by atoms with Gasteiger partial charge in [-0.1, -0.05) is 69.9 Å². The number of allylic oxidation sites excluding steroid dienone is 6. The summed E-state index contributed by atoms with van der Waals surface area (Å²) in [5.74, 6) is -6.92. The van der Waals surface area contributed by atoms with E-state index in [-0.39, 0.29) is 38.8 Å². The highest BCUT2D eigenvalue weighted by Gasteiger charge is 2.51. The normalized spacial score (nSPS) is 21.9. The van der Waals surface area contributed by atoms with Gasteiger partial charge in [-0.2, -0.15) is 0 Å². The van der Waals surface area contributed by atoms with E-state index >= 15 is 0 Å². The minimum absolute atomic E-state index is 0.0496. The standard InChI is InChI=1S/C54H42F4O4/c55-44-24-34-35(25-45(44)56)49(60)38(48(34)59)20-30-16-28-18-42-32(22-40(28)52(30)10-4-1-5-11-52)33-23-41-29(19-43(33)54(42)14-8-3-9-15-54)17-31(53(41)12-6-2-7-13-53)21-39-50(61)36-26-46(57)47(58)27-37(36)51(39)62/h16-27H,1-15H2. The van der Waals surface area contributed by atoms with Crippen LogP contribution in [0.15, 0.2) is 83.0 Å². The molecule has 12 rings (SSSR count). The molecule has 8 aliphatic carbocycles. The second kappa shape index (κ2) is 13.1. The van der Waals surface area contributed by atoms with Gasteiger partial charge in [-0.15, -0.1) is 0 Å². The van der Waals surface area contributed by atoms with E-state index in [0.717, 1.165) is 143 Å². The van der Waals surface area contributed by atoms with Gasteiger partial charge in [0.25, 0.3) is 0 Å². The molecule has 4 aromatic carbocycles. The zero-order valence-corrected chi connectivity index (χ0v) is 34.2. The lowest BCUT2D eigenvalue weighted by Crippen LogP contribution is -2.30. The summed E-state index contributed by atoms with van der Waals surface area (Å²) in [5.41, 5.74) is 9.82. The summed E-state index contributed by atoms with van der Waals surface area (Å²) >= 11 is 0. The largest absolute Gasteiger partial charge is 0.288 e. The third-order valence-electron chi connectivity index (χ3n) is 16.3. The van der Waals surface area contributed by atoms with Gasteiger partial charge in [0.05, 0.1) is 11.1 Å². The molecular weight excluding hydrogens is 789 g/mol. The molecule has 0 unspecified atom stereocenters. The highest BCUT2D eigenvalue weighted by atomic mass is 19.2. The monoisotopic (exact) mass is 830 g/mol. The number of Topliss-reactive ketones (excluding diaryl/α,β-unsaturated/α-hetero) is 4. The van der Waals surface area contributed by atoms with Crippen LogP contribution in [-0.2, 0) is 16.2 Å². The van der Waals surface area contributed by atoms with Crippen molar-refractivity contribution in [2.24, 2.45) is 0 Å². The summed E-state index contributed by atoms with van der Waals surface area (Å²) in [6.07, 6.45) is 22.5. The summed E-state index contributed by atoms with van der Waals surface area (Å²) in [6.45, 7) is 0. The van der Waals surface area contributed by atoms with Crippen LogP contribution in [0.5, 0.6) is 0 Å². The fraction of sp³-hybridized carbons (Fsp3) is 0.333. The first kappa shape index (κ1) is 38.0. The molecule has 0 radical (unpaired) electrons.